The van der Waals surface area contributed by atoms with Gasteiger partial charge in [-0.25, -0.2) is 14.8 Å². The van der Waals surface area contributed by atoms with Gasteiger partial charge in [0.1, 0.15) is 11.5 Å². The lowest BCUT2D eigenvalue weighted by atomic mass is 10.3. The highest BCUT2D eigenvalue weighted by atomic mass is 16.4. The molecule has 8 nitrogen and oxygen atoms in total. The van der Waals surface area contributed by atoms with Crippen LogP contribution in [0.4, 0.5) is 5.69 Å². The van der Waals surface area contributed by atoms with Crippen LogP contribution in [0, 0.1) is 6.92 Å². The van der Waals surface area contributed by atoms with E-state index in [0.717, 1.165) is 0 Å². The smallest absolute Gasteiger partial charge is 0.354 e. The molecule has 2 aromatic rings. The maximum Gasteiger partial charge on any atom is 0.354 e. The summed E-state index contributed by atoms with van der Waals surface area (Å²) in [5.74, 6) is -1.09. The fourth-order valence-corrected chi connectivity index (χ4v) is 1.23. The highest BCUT2D eigenvalue weighted by molar-refractivity contribution is 6.01. The zero-order chi connectivity index (χ0) is 13.1. The Morgan fingerprint density at radius 2 is 2.17 bits per heavy atom. The second-order valence-electron chi connectivity index (χ2n) is 3.44. The van der Waals surface area contributed by atoms with Crippen molar-refractivity contribution in [3.8, 4) is 0 Å². The van der Waals surface area contributed by atoms with Crippen molar-refractivity contribution in [2.45, 2.75) is 6.92 Å². The summed E-state index contributed by atoms with van der Waals surface area (Å²) in [6, 6.07) is 2.73. The highest BCUT2D eigenvalue weighted by Gasteiger charge is 2.12. The zero-order valence-electron chi connectivity index (χ0n) is 9.34. The van der Waals surface area contributed by atoms with Gasteiger partial charge in [0, 0.05) is 0 Å². The normalized spacial score (nSPS) is 10.1. The van der Waals surface area contributed by atoms with Crippen LogP contribution in [-0.2, 0) is 0 Å². The molecule has 0 saturated carbocycles. The van der Waals surface area contributed by atoms with Crippen LogP contribution in [0.15, 0.2) is 18.3 Å². The third kappa shape index (κ3) is 2.48. The Morgan fingerprint density at radius 3 is 2.67 bits per heavy atom. The number of pyridine rings is 1. The number of aromatic carboxylic acids is 1. The summed E-state index contributed by atoms with van der Waals surface area (Å²) in [6.07, 6.45) is 1.25. The molecule has 2 aromatic heterocycles. The standard InChI is InChI=1S/C10H9N5O3/c1-5-12-8(15-14-5)9(16)13-6-2-3-7(10(17)18)11-4-6/h2-4H,1H3,(H,13,16)(H,17,18)(H,12,14,15). The molecular weight excluding hydrogens is 238 g/mol. The van der Waals surface area contributed by atoms with E-state index in [1.54, 1.807) is 6.92 Å². The van der Waals surface area contributed by atoms with Crippen molar-refractivity contribution in [2.24, 2.45) is 0 Å². The first-order chi connectivity index (χ1) is 8.56. The van der Waals surface area contributed by atoms with Crippen molar-refractivity contribution in [2.75, 3.05) is 5.32 Å². The number of rotatable bonds is 3. The number of anilines is 1. The van der Waals surface area contributed by atoms with Gasteiger partial charge in [0.05, 0.1) is 11.9 Å². The van der Waals surface area contributed by atoms with E-state index in [1.165, 1.54) is 18.3 Å². The molecule has 0 saturated heterocycles. The number of H-pyrrole nitrogens is 1. The summed E-state index contributed by atoms with van der Waals surface area (Å²) in [5, 5.41) is 17.4. The summed E-state index contributed by atoms with van der Waals surface area (Å²) in [5.41, 5.74) is 0.272. The number of nitrogens with one attached hydrogen (secondary N) is 2. The SMILES string of the molecule is Cc1nc(C(=O)Nc2ccc(C(=O)O)nc2)n[nH]1. The molecule has 0 aliphatic heterocycles. The van der Waals surface area contributed by atoms with E-state index in [4.69, 9.17) is 5.11 Å². The minimum atomic E-state index is -1.13. The van der Waals surface area contributed by atoms with Gasteiger partial charge in [-0.2, -0.15) is 0 Å². The molecule has 2 rings (SSSR count). The third-order valence-electron chi connectivity index (χ3n) is 2.04. The topological polar surface area (TPSA) is 121 Å². The molecule has 0 aliphatic rings. The highest BCUT2D eigenvalue weighted by Crippen LogP contribution is 2.07. The van der Waals surface area contributed by atoms with Crippen molar-refractivity contribution in [3.63, 3.8) is 0 Å². The predicted molar refractivity (Wildman–Crippen MR) is 60.3 cm³/mol. The van der Waals surface area contributed by atoms with Crippen LogP contribution in [0.25, 0.3) is 0 Å². The zero-order valence-corrected chi connectivity index (χ0v) is 9.34. The fraction of sp³-hybridized carbons (Fsp3) is 0.100. The van der Waals surface area contributed by atoms with Crippen LogP contribution >= 0.6 is 0 Å². The first-order valence-corrected chi connectivity index (χ1v) is 4.96. The summed E-state index contributed by atoms with van der Waals surface area (Å²) in [4.78, 5) is 29.8. The predicted octanol–water partition coefficient (Wildman–Crippen LogP) is 0.459. The first-order valence-electron chi connectivity index (χ1n) is 4.96. The van der Waals surface area contributed by atoms with Crippen LogP contribution < -0.4 is 5.32 Å². The Balaban J connectivity index is 2.10. The lowest BCUT2D eigenvalue weighted by Crippen LogP contribution is -2.14. The Kier molecular flexibility index (Phi) is 3.00. The lowest BCUT2D eigenvalue weighted by molar-refractivity contribution is 0.0690. The average Bonchev–Trinajstić information content (AvgIpc) is 2.76. The van der Waals surface area contributed by atoms with E-state index in [1.807, 2.05) is 0 Å². The molecule has 0 unspecified atom stereocenters. The number of aromatic nitrogens is 4. The van der Waals surface area contributed by atoms with E-state index >= 15 is 0 Å². The summed E-state index contributed by atoms with van der Waals surface area (Å²) in [7, 11) is 0. The van der Waals surface area contributed by atoms with Crippen LogP contribution in [0.3, 0.4) is 0 Å². The Morgan fingerprint density at radius 1 is 1.39 bits per heavy atom. The Hall–Kier alpha value is -2.77. The Bertz CT molecular complexity index is 590. The maximum atomic E-state index is 11.6. The van der Waals surface area contributed by atoms with E-state index in [9.17, 15) is 9.59 Å². The van der Waals surface area contributed by atoms with Gasteiger partial charge in [-0.15, -0.1) is 5.10 Å². The van der Waals surface area contributed by atoms with Crippen molar-refractivity contribution < 1.29 is 14.7 Å². The van der Waals surface area contributed by atoms with Gasteiger partial charge >= 0.3 is 5.97 Å². The number of nitrogens with zero attached hydrogens (tertiary/aromatic N) is 3. The molecule has 92 valence electrons. The van der Waals surface area contributed by atoms with Crippen molar-refractivity contribution in [1.29, 1.82) is 0 Å². The number of hydrogen-bond acceptors (Lipinski definition) is 5. The van der Waals surface area contributed by atoms with Crippen LogP contribution in [0.1, 0.15) is 26.9 Å². The number of carboxylic acids is 1. The molecule has 18 heavy (non-hydrogen) atoms. The van der Waals surface area contributed by atoms with Crippen molar-refractivity contribution >= 4 is 17.6 Å². The van der Waals surface area contributed by atoms with Gasteiger partial charge in [-0.3, -0.25) is 9.89 Å². The number of hydrogen-bond donors (Lipinski definition) is 3. The molecule has 1 amide bonds. The molecule has 0 atom stereocenters. The van der Waals surface area contributed by atoms with Crippen LogP contribution in [0.5, 0.6) is 0 Å². The van der Waals surface area contributed by atoms with Crippen molar-refractivity contribution in [3.05, 3.63) is 35.7 Å². The number of carbonyl (C=O) groups is 2. The molecule has 8 heteroatoms. The number of aryl methyl sites for hydroxylation is 1. The maximum absolute atomic E-state index is 11.6. The monoisotopic (exact) mass is 247 g/mol. The number of aromatic amines is 1. The third-order valence-corrected chi connectivity index (χ3v) is 2.04. The van der Waals surface area contributed by atoms with E-state index in [-0.39, 0.29) is 11.5 Å². The van der Waals surface area contributed by atoms with Gasteiger partial charge in [-0.05, 0) is 19.1 Å². The first kappa shape index (κ1) is 11.7. The van der Waals surface area contributed by atoms with Gasteiger partial charge in [0.15, 0.2) is 0 Å². The van der Waals surface area contributed by atoms with E-state index in [0.29, 0.717) is 11.5 Å². The van der Waals surface area contributed by atoms with Crippen molar-refractivity contribution in [1.82, 2.24) is 20.2 Å². The molecule has 0 fully saturated rings. The van der Waals surface area contributed by atoms with E-state index < -0.39 is 11.9 Å². The van der Waals surface area contributed by atoms with E-state index in [2.05, 4.69) is 25.5 Å². The molecule has 2 heterocycles. The summed E-state index contributed by atoms with van der Waals surface area (Å²) >= 11 is 0. The lowest BCUT2D eigenvalue weighted by Gasteiger charge is -2.01. The van der Waals surface area contributed by atoms with Gasteiger partial charge in [0.25, 0.3) is 5.91 Å². The fourth-order valence-electron chi connectivity index (χ4n) is 1.23. The van der Waals surface area contributed by atoms with Crippen LogP contribution in [-0.4, -0.2) is 37.1 Å². The second kappa shape index (κ2) is 4.62. The van der Waals surface area contributed by atoms with Gasteiger partial charge in [0.2, 0.25) is 5.82 Å². The molecule has 0 aliphatic carbocycles. The molecule has 0 spiro atoms. The number of carbonyl (C=O) groups excluding carboxylic acids is 1. The summed E-state index contributed by atoms with van der Waals surface area (Å²) in [6.45, 7) is 1.67. The molecule has 0 radical (unpaired) electrons. The molecule has 3 N–H and O–H groups in total. The summed E-state index contributed by atoms with van der Waals surface area (Å²) < 4.78 is 0. The molecular formula is C10H9N5O3. The number of carboxylic acid groups (broad SMARTS) is 1. The van der Waals surface area contributed by atoms with Gasteiger partial charge in [-0.1, -0.05) is 0 Å². The Labute approximate surface area is 101 Å². The minimum absolute atomic E-state index is 0.00908. The minimum Gasteiger partial charge on any atom is -0.477 e. The van der Waals surface area contributed by atoms with Gasteiger partial charge < -0.3 is 10.4 Å². The quantitative estimate of drug-likeness (QED) is 0.724. The largest absolute Gasteiger partial charge is 0.477 e. The van der Waals surface area contributed by atoms with Crippen LogP contribution in [0.2, 0.25) is 0 Å². The molecule has 0 bridgehead atoms. The second-order valence-corrected chi connectivity index (χ2v) is 3.44. The molecule has 0 aromatic carbocycles. The average molecular weight is 247 g/mol. The number of amides is 1.